The number of nitrogens with zero attached hydrogens (tertiary/aromatic N) is 1. The van der Waals surface area contributed by atoms with E-state index in [0.29, 0.717) is 26.2 Å². The van der Waals surface area contributed by atoms with Gasteiger partial charge in [0.1, 0.15) is 11.6 Å². The van der Waals surface area contributed by atoms with Crippen LogP contribution in [0.25, 0.3) is 0 Å². The lowest BCUT2D eigenvalue weighted by Crippen LogP contribution is -2.48. The summed E-state index contributed by atoms with van der Waals surface area (Å²) in [5.74, 6) is -0.162. The Balaban J connectivity index is 2.15. The van der Waals surface area contributed by atoms with Crippen LogP contribution >= 0.6 is 0 Å². The van der Waals surface area contributed by atoms with Crippen LogP contribution in [0, 0.1) is 5.92 Å². The molecular weight excluding hydrogens is 262 g/mol. The molecule has 0 spiro atoms. The lowest BCUT2D eigenvalue weighted by atomic mass is 10.0. The molecule has 1 unspecified atom stereocenters. The van der Waals surface area contributed by atoms with Crippen LogP contribution in [-0.4, -0.2) is 54.5 Å². The highest BCUT2D eigenvalue weighted by Gasteiger charge is 2.51. The minimum absolute atomic E-state index is 0.0840. The standard InChI is InChI=1S/C14H23NO5/c1-5-19-12(16)10-6-9-7-18-8-11(9)15(10)13(17)20-14(2,3)4/h9-11H,5-8H2,1-4H3/t9-,10?,11+/m1/s1. The molecule has 2 rings (SSSR count). The molecule has 0 radical (unpaired) electrons. The van der Waals surface area contributed by atoms with Crippen molar-refractivity contribution in [3.05, 3.63) is 0 Å². The van der Waals surface area contributed by atoms with E-state index in [0.717, 1.165) is 0 Å². The minimum atomic E-state index is -0.589. The van der Waals surface area contributed by atoms with Gasteiger partial charge in [0.15, 0.2) is 0 Å². The van der Waals surface area contributed by atoms with E-state index in [2.05, 4.69) is 0 Å². The Hall–Kier alpha value is -1.30. The molecule has 2 aliphatic heterocycles. The van der Waals surface area contributed by atoms with Gasteiger partial charge >= 0.3 is 12.1 Å². The third kappa shape index (κ3) is 3.06. The van der Waals surface area contributed by atoms with Gasteiger partial charge in [0, 0.05) is 5.92 Å². The normalized spacial score (nSPS) is 29.2. The van der Waals surface area contributed by atoms with Gasteiger partial charge < -0.3 is 14.2 Å². The van der Waals surface area contributed by atoms with Gasteiger partial charge in [-0.25, -0.2) is 9.59 Å². The van der Waals surface area contributed by atoms with Gasteiger partial charge in [-0.2, -0.15) is 0 Å². The maximum atomic E-state index is 12.4. The van der Waals surface area contributed by atoms with Crippen molar-refractivity contribution in [2.24, 2.45) is 5.92 Å². The Labute approximate surface area is 119 Å². The summed E-state index contributed by atoms with van der Waals surface area (Å²) in [5, 5.41) is 0. The van der Waals surface area contributed by atoms with Gasteiger partial charge in [-0.15, -0.1) is 0 Å². The van der Waals surface area contributed by atoms with Crippen LogP contribution in [0.3, 0.4) is 0 Å². The fourth-order valence-corrected chi connectivity index (χ4v) is 2.78. The Morgan fingerprint density at radius 2 is 2.00 bits per heavy atom. The van der Waals surface area contributed by atoms with Crippen molar-refractivity contribution in [1.82, 2.24) is 4.90 Å². The van der Waals surface area contributed by atoms with E-state index in [1.165, 1.54) is 4.90 Å². The quantitative estimate of drug-likeness (QED) is 0.721. The number of amides is 1. The van der Waals surface area contributed by atoms with Gasteiger partial charge in [0.25, 0.3) is 0 Å². The van der Waals surface area contributed by atoms with Gasteiger partial charge in [0.05, 0.1) is 25.9 Å². The maximum Gasteiger partial charge on any atom is 0.411 e. The molecule has 0 aromatic heterocycles. The predicted octanol–water partition coefficient (Wildman–Crippen LogP) is 1.57. The Morgan fingerprint density at radius 3 is 2.60 bits per heavy atom. The fraction of sp³-hybridized carbons (Fsp3) is 0.857. The number of fused-ring (bicyclic) bond motifs is 1. The van der Waals surface area contributed by atoms with Crippen molar-refractivity contribution in [1.29, 1.82) is 0 Å². The maximum absolute atomic E-state index is 12.4. The highest BCUT2D eigenvalue weighted by Crippen LogP contribution is 2.36. The largest absolute Gasteiger partial charge is 0.464 e. The number of carbonyl (C=O) groups excluding carboxylic acids is 2. The molecule has 114 valence electrons. The molecule has 2 fully saturated rings. The van der Waals surface area contributed by atoms with E-state index in [4.69, 9.17) is 14.2 Å². The number of hydrogen-bond donors (Lipinski definition) is 0. The van der Waals surface area contributed by atoms with Crippen LogP contribution in [0.2, 0.25) is 0 Å². The van der Waals surface area contributed by atoms with Crippen LogP contribution in [0.4, 0.5) is 4.79 Å². The van der Waals surface area contributed by atoms with Gasteiger partial charge in [-0.3, -0.25) is 4.90 Å². The summed E-state index contributed by atoms with van der Waals surface area (Å²) in [6.07, 6.45) is 0.122. The molecule has 2 heterocycles. The molecule has 2 aliphatic rings. The topological polar surface area (TPSA) is 65.1 Å². The number of hydrogen-bond acceptors (Lipinski definition) is 5. The monoisotopic (exact) mass is 285 g/mol. The molecule has 6 heteroatoms. The molecule has 6 nitrogen and oxygen atoms in total. The van der Waals surface area contributed by atoms with Crippen molar-refractivity contribution < 1.29 is 23.8 Å². The molecule has 20 heavy (non-hydrogen) atoms. The van der Waals surface area contributed by atoms with Crippen molar-refractivity contribution in [2.45, 2.75) is 51.8 Å². The summed E-state index contributed by atoms with van der Waals surface area (Å²) in [6.45, 7) is 8.53. The second-order valence-corrected chi connectivity index (χ2v) is 6.26. The van der Waals surface area contributed by atoms with E-state index in [-0.39, 0.29) is 17.9 Å². The van der Waals surface area contributed by atoms with E-state index >= 15 is 0 Å². The fourth-order valence-electron chi connectivity index (χ4n) is 2.78. The Morgan fingerprint density at radius 1 is 1.30 bits per heavy atom. The summed E-state index contributed by atoms with van der Waals surface area (Å²) in [5.41, 5.74) is -0.589. The Bertz CT molecular complexity index is 390. The van der Waals surface area contributed by atoms with Crippen LogP contribution < -0.4 is 0 Å². The first-order chi connectivity index (χ1) is 9.33. The number of rotatable bonds is 2. The van der Waals surface area contributed by atoms with Crippen molar-refractivity contribution in [3.8, 4) is 0 Å². The van der Waals surface area contributed by atoms with E-state index in [9.17, 15) is 9.59 Å². The van der Waals surface area contributed by atoms with Crippen molar-refractivity contribution in [2.75, 3.05) is 19.8 Å². The van der Waals surface area contributed by atoms with E-state index < -0.39 is 17.7 Å². The van der Waals surface area contributed by atoms with Crippen molar-refractivity contribution in [3.63, 3.8) is 0 Å². The summed E-state index contributed by atoms with van der Waals surface area (Å²) in [6, 6.07) is -0.636. The molecule has 0 aliphatic carbocycles. The smallest absolute Gasteiger partial charge is 0.411 e. The van der Waals surface area contributed by atoms with Crippen LogP contribution in [0.1, 0.15) is 34.1 Å². The molecule has 3 atom stereocenters. The first-order valence-electron chi connectivity index (χ1n) is 7.09. The molecular formula is C14H23NO5. The zero-order valence-corrected chi connectivity index (χ0v) is 12.5. The number of ether oxygens (including phenoxy) is 3. The van der Waals surface area contributed by atoms with Crippen LogP contribution in [0.15, 0.2) is 0 Å². The van der Waals surface area contributed by atoms with Gasteiger partial charge in [-0.1, -0.05) is 0 Å². The van der Waals surface area contributed by atoms with Crippen LogP contribution in [-0.2, 0) is 19.0 Å². The lowest BCUT2D eigenvalue weighted by molar-refractivity contribution is -0.149. The van der Waals surface area contributed by atoms with Gasteiger partial charge in [0.2, 0.25) is 0 Å². The summed E-state index contributed by atoms with van der Waals surface area (Å²) < 4.78 is 15.9. The second-order valence-electron chi connectivity index (χ2n) is 6.26. The Kier molecular flexibility index (Phi) is 4.22. The van der Waals surface area contributed by atoms with E-state index in [1.54, 1.807) is 6.92 Å². The molecule has 0 aromatic carbocycles. The molecule has 0 saturated carbocycles. The zero-order chi connectivity index (χ0) is 14.9. The summed E-state index contributed by atoms with van der Waals surface area (Å²) >= 11 is 0. The molecule has 2 saturated heterocycles. The number of carbonyl (C=O) groups is 2. The number of esters is 1. The highest BCUT2D eigenvalue weighted by atomic mass is 16.6. The molecule has 0 N–H and O–H groups in total. The van der Waals surface area contributed by atoms with Crippen molar-refractivity contribution >= 4 is 12.1 Å². The average molecular weight is 285 g/mol. The summed E-state index contributed by atoms with van der Waals surface area (Å²) in [7, 11) is 0. The molecule has 1 amide bonds. The second kappa shape index (κ2) is 5.60. The summed E-state index contributed by atoms with van der Waals surface area (Å²) in [4.78, 5) is 25.9. The first kappa shape index (κ1) is 15.1. The SMILES string of the molecule is CCOC(=O)C1C[C@@H]2COC[C@@H]2N1C(=O)OC(C)(C)C. The molecule has 0 bridgehead atoms. The average Bonchev–Trinajstić information content (AvgIpc) is 2.84. The third-order valence-corrected chi connectivity index (χ3v) is 3.55. The lowest BCUT2D eigenvalue weighted by Gasteiger charge is -2.30. The zero-order valence-electron chi connectivity index (χ0n) is 12.5. The van der Waals surface area contributed by atoms with Gasteiger partial charge in [-0.05, 0) is 34.1 Å². The minimum Gasteiger partial charge on any atom is -0.464 e. The third-order valence-electron chi connectivity index (χ3n) is 3.55. The van der Waals surface area contributed by atoms with Crippen LogP contribution in [0.5, 0.6) is 0 Å². The first-order valence-corrected chi connectivity index (χ1v) is 7.09. The van der Waals surface area contributed by atoms with E-state index in [1.807, 2.05) is 20.8 Å². The molecule has 0 aromatic rings. The number of likely N-dealkylation sites (tertiary alicyclic amines) is 1. The predicted molar refractivity (Wildman–Crippen MR) is 71.2 cm³/mol. The highest BCUT2D eigenvalue weighted by molar-refractivity contribution is 5.82.